The van der Waals surface area contributed by atoms with Crippen LogP contribution in [0.25, 0.3) is 0 Å². The maximum Gasteiger partial charge on any atom is 0.333 e. The Balaban J connectivity index is 2.13. The minimum Gasteiger partial charge on any atom is -0.468 e. The van der Waals surface area contributed by atoms with Crippen molar-refractivity contribution < 1.29 is 19.1 Å². The predicted octanol–water partition coefficient (Wildman–Crippen LogP) is 3.85. The second-order valence-corrected chi connectivity index (χ2v) is 6.94. The highest BCUT2D eigenvalue weighted by atomic mass is 35.5. The topological polar surface area (TPSA) is 66.9 Å². The average molecular weight is 407 g/mol. The van der Waals surface area contributed by atoms with E-state index in [1.807, 2.05) is 0 Å². The lowest BCUT2D eigenvalue weighted by molar-refractivity contribution is -0.142. The third-order valence-corrected chi connectivity index (χ3v) is 5.33. The molecule has 1 saturated heterocycles. The first-order valence-corrected chi connectivity index (χ1v) is 8.80. The summed E-state index contributed by atoms with van der Waals surface area (Å²) in [6.45, 7) is 1.23. The van der Waals surface area contributed by atoms with Crippen molar-refractivity contribution in [3.8, 4) is 0 Å². The molecular weight excluding hydrogens is 391 g/mol. The van der Waals surface area contributed by atoms with Crippen LogP contribution in [0.1, 0.15) is 12.5 Å². The van der Waals surface area contributed by atoms with Gasteiger partial charge < -0.3 is 4.74 Å². The number of anilines is 1. The Kier molecular flexibility index (Phi) is 5.13. The number of imide groups is 1. The van der Waals surface area contributed by atoms with Crippen LogP contribution in [0.5, 0.6) is 0 Å². The molecule has 1 fully saturated rings. The molecule has 0 aromatic heterocycles. The van der Waals surface area contributed by atoms with E-state index in [1.165, 1.54) is 30.2 Å². The molecule has 27 heavy (non-hydrogen) atoms. The minimum atomic E-state index is -1.38. The lowest BCUT2D eigenvalue weighted by atomic mass is 9.90. The number of urea groups is 1. The summed E-state index contributed by atoms with van der Waals surface area (Å²) in [5, 5.41) is 0.513. The van der Waals surface area contributed by atoms with E-state index in [9.17, 15) is 14.4 Å². The van der Waals surface area contributed by atoms with Crippen molar-refractivity contribution in [2.24, 2.45) is 0 Å². The smallest absolute Gasteiger partial charge is 0.333 e. The molecule has 0 aliphatic carbocycles. The number of carbonyl (C=O) groups is 3. The van der Waals surface area contributed by atoms with Crippen LogP contribution in [0.2, 0.25) is 10.0 Å². The molecule has 3 amide bonds. The van der Waals surface area contributed by atoms with Crippen LogP contribution in [0.15, 0.2) is 48.5 Å². The summed E-state index contributed by atoms with van der Waals surface area (Å²) in [5.41, 5.74) is -0.526. The van der Waals surface area contributed by atoms with Crippen molar-refractivity contribution in [3.05, 3.63) is 64.1 Å². The van der Waals surface area contributed by atoms with Crippen LogP contribution in [0, 0.1) is 0 Å². The van der Waals surface area contributed by atoms with Crippen molar-refractivity contribution in [2.45, 2.75) is 12.5 Å². The zero-order chi connectivity index (χ0) is 19.8. The first-order chi connectivity index (χ1) is 12.8. The minimum absolute atomic E-state index is 0.211. The highest BCUT2D eigenvalue weighted by molar-refractivity contribution is 6.42. The Hall–Kier alpha value is -2.57. The highest BCUT2D eigenvalue weighted by Crippen LogP contribution is 2.40. The number of carbonyl (C=O) groups excluding carboxylic acids is 3. The largest absolute Gasteiger partial charge is 0.468 e. The summed E-state index contributed by atoms with van der Waals surface area (Å²) in [6.07, 6.45) is 0. The van der Waals surface area contributed by atoms with E-state index in [0.29, 0.717) is 10.6 Å². The molecule has 0 N–H and O–H groups in total. The van der Waals surface area contributed by atoms with Gasteiger partial charge in [0.15, 0.2) is 0 Å². The molecule has 2 aromatic carbocycles. The molecule has 3 rings (SSSR count). The van der Waals surface area contributed by atoms with Gasteiger partial charge in [-0.1, -0.05) is 53.5 Å². The molecule has 0 bridgehead atoms. The molecule has 1 aliphatic heterocycles. The van der Waals surface area contributed by atoms with Gasteiger partial charge in [-0.3, -0.25) is 14.5 Å². The number of ether oxygens (including phenoxy) is 1. The fourth-order valence-corrected chi connectivity index (χ4v) is 3.34. The molecular formula is C19H16Cl2N2O4. The van der Waals surface area contributed by atoms with E-state index in [1.54, 1.807) is 37.3 Å². The Morgan fingerprint density at radius 1 is 1.07 bits per heavy atom. The van der Waals surface area contributed by atoms with Crippen LogP contribution < -0.4 is 4.90 Å². The lowest BCUT2D eigenvalue weighted by Gasteiger charge is -2.31. The molecule has 140 valence electrons. The van der Waals surface area contributed by atoms with E-state index in [4.69, 9.17) is 27.9 Å². The zero-order valence-electron chi connectivity index (χ0n) is 14.6. The number of benzene rings is 2. The number of rotatable bonds is 4. The predicted molar refractivity (Wildman–Crippen MR) is 102 cm³/mol. The molecule has 1 heterocycles. The Labute approximate surface area is 166 Å². The summed E-state index contributed by atoms with van der Waals surface area (Å²) in [6, 6.07) is 12.6. The van der Waals surface area contributed by atoms with Gasteiger partial charge in [0.05, 0.1) is 22.8 Å². The average Bonchev–Trinajstić information content (AvgIpc) is 2.86. The normalized spacial score (nSPS) is 19.6. The number of hydrogen-bond acceptors (Lipinski definition) is 4. The molecule has 0 spiro atoms. The lowest BCUT2D eigenvalue weighted by Crippen LogP contribution is -2.46. The third-order valence-electron chi connectivity index (χ3n) is 4.59. The van der Waals surface area contributed by atoms with Crippen LogP contribution in [-0.4, -0.2) is 36.5 Å². The Morgan fingerprint density at radius 3 is 2.33 bits per heavy atom. The fraction of sp³-hybridized carbons (Fsp3) is 0.211. The monoisotopic (exact) mass is 406 g/mol. The summed E-state index contributed by atoms with van der Waals surface area (Å²) in [7, 11) is 1.22. The molecule has 2 aromatic rings. The van der Waals surface area contributed by atoms with Gasteiger partial charge in [0.25, 0.3) is 5.91 Å². The SMILES string of the molecule is COC(=O)CN1C(=O)N(c2ccc(Cl)c(Cl)c2)C(=O)C1(C)c1ccccc1. The van der Waals surface area contributed by atoms with Crippen molar-refractivity contribution in [2.75, 3.05) is 18.6 Å². The first-order valence-electron chi connectivity index (χ1n) is 8.04. The van der Waals surface area contributed by atoms with Crippen LogP contribution >= 0.6 is 23.2 Å². The van der Waals surface area contributed by atoms with E-state index in [2.05, 4.69) is 0 Å². The van der Waals surface area contributed by atoms with Crippen molar-refractivity contribution in [1.82, 2.24) is 4.90 Å². The molecule has 0 saturated carbocycles. The fourth-order valence-electron chi connectivity index (χ4n) is 3.05. The Morgan fingerprint density at radius 2 is 1.74 bits per heavy atom. The van der Waals surface area contributed by atoms with Crippen molar-refractivity contribution in [3.63, 3.8) is 0 Å². The quantitative estimate of drug-likeness (QED) is 0.571. The summed E-state index contributed by atoms with van der Waals surface area (Å²) >= 11 is 12.0. The van der Waals surface area contributed by atoms with Gasteiger partial charge in [0.2, 0.25) is 0 Å². The van der Waals surface area contributed by atoms with Crippen LogP contribution in [0.3, 0.4) is 0 Å². The molecule has 0 radical (unpaired) electrons. The molecule has 6 nitrogen and oxygen atoms in total. The summed E-state index contributed by atoms with van der Waals surface area (Å²) < 4.78 is 4.70. The molecule has 8 heteroatoms. The van der Waals surface area contributed by atoms with Gasteiger partial charge in [-0.05, 0) is 30.7 Å². The number of hydrogen-bond donors (Lipinski definition) is 0. The third kappa shape index (κ3) is 3.15. The van der Waals surface area contributed by atoms with Gasteiger partial charge in [-0.2, -0.15) is 0 Å². The van der Waals surface area contributed by atoms with Gasteiger partial charge in [0, 0.05) is 0 Å². The molecule has 1 atom stereocenters. The zero-order valence-corrected chi connectivity index (χ0v) is 16.1. The molecule has 1 unspecified atom stereocenters. The van der Waals surface area contributed by atoms with Gasteiger partial charge in [0.1, 0.15) is 12.1 Å². The highest BCUT2D eigenvalue weighted by Gasteiger charge is 2.56. The van der Waals surface area contributed by atoms with Gasteiger partial charge in [-0.15, -0.1) is 0 Å². The van der Waals surface area contributed by atoms with Crippen LogP contribution in [0.4, 0.5) is 10.5 Å². The van der Waals surface area contributed by atoms with E-state index >= 15 is 0 Å². The summed E-state index contributed by atoms with van der Waals surface area (Å²) in [4.78, 5) is 40.5. The standard InChI is InChI=1S/C19H16Cl2N2O4/c1-19(12-6-4-3-5-7-12)17(25)23(13-8-9-14(20)15(21)10-13)18(26)22(19)11-16(24)27-2/h3-10H,11H2,1-2H3. The first kappa shape index (κ1) is 19.2. The van der Waals surface area contributed by atoms with Crippen LogP contribution in [-0.2, 0) is 19.9 Å². The summed E-state index contributed by atoms with van der Waals surface area (Å²) in [5.74, 6) is -1.13. The van der Waals surface area contributed by atoms with Crippen molar-refractivity contribution in [1.29, 1.82) is 0 Å². The second kappa shape index (κ2) is 7.21. The number of methoxy groups -OCH3 is 1. The number of amides is 3. The van der Waals surface area contributed by atoms with E-state index < -0.39 is 23.4 Å². The van der Waals surface area contributed by atoms with E-state index in [0.717, 1.165) is 4.90 Å². The number of nitrogens with zero attached hydrogens (tertiary/aromatic N) is 2. The maximum atomic E-state index is 13.4. The number of halogens is 2. The maximum absolute atomic E-state index is 13.4. The Bertz CT molecular complexity index is 919. The molecule has 1 aliphatic rings. The number of esters is 1. The second-order valence-electron chi connectivity index (χ2n) is 6.12. The van der Waals surface area contributed by atoms with E-state index in [-0.39, 0.29) is 17.3 Å². The van der Waals surface area contributed by atoms with Crippen molar-refractivity contribution >= 4 is 46.8 Å². The van der Waals surface area contributed by atoms with Gasteiger partial charge in [-0.25, -0.2) is 9.69 Å². The van der Waals surface area contributed by atoms with Gasteiger partial charge >= 0.3 is 12.0 Å².